The van der Waals surface area contributed by atoms with Gasteiger partial charge in [0.1, 0.15) is 30.3 Å². The molecule has 13 N–H and O–H groups in total. The van der Waals surface area contributed by atoms with Crippen molar-refractivity contribution < 1.29 is 62.5 Å². The normalized spacial score (nSPS) is 12.5. The molecule has 3 rings (SSSR count). The number of aliphatic hydroxyl groups is 2. The number of halogens is 2. The van der Waals surface area contributed by atoms with Crippen molar-refractivity contribution in [3.63, 3.8) is 0 Å². The van der Waals surface area contributed by atoms with Gasteiger partial charge in [-0.3, -0.25) is 33.6 Å². The Labute approximate surface area is 529 Å². The van der Waals surface area contributed by atoms with E-state index in [2.05, 4.69) is 38.5 Å². The van der Waals surface area contributed by atoms with Crippen molar-refractivity contribution in [1.29, 1.82) is 0 Å². The molecule has 23 heteroatoms. The van der Waals surface area contributed by atoms with Crippen LogP contribution in [-0.4, -0.2) is 135 Å². The molecule has 1 heterocycles. The van der Waals surface area contributed by atoms with E-state index in [1.807, 2.05) is 132 Å². The molecule has 0 saturated heterocycles. The van der Waals surface area contributed by atoms with Gasteiger partial charge >= 0.3 is 5.97 Å². The maximum absolute atomic E-state index is 15.1. The van der Waals surface area contributed by atoms with Crippen molar-refractivity contribution in [3.8, 4) is 11.1 Å². The summed E-state index contributed by atoms with van der Waals surface area (Å²) in [5.41, 5.74) is 13.3. The molecule has 6 unspecified atom stereocenters. The lowest BCUT2D eigenvalue weighted by molar-refractivity contribution is -0.142. The van der Waals surface area contributed by atoms with E-state index in [4.69, 9.17) is 16.6 Å². The third-order valence-electron chi connectivity index (χ3n) is 12.8. The van der Waals surface area contributed by atoms with Gasteiger partial charge in [-0.2, -0.15) is 0 Å². The van der Waals surface area contributed by atoms with Crippen LogP contribution in [0.25, 0.3) is 11.1 Å². The highest BCUT2D eigenvalue weighted by atomic mass is 19.1. The zero-order valence-electron chi connectivity index (χ0n) is 56.4. The molecule has 0 saturated carbocycles. The van der Waals surface area contributed by atoms with Crippen molar-refractivity contribution in [2.45, 2.75) is 212 Å². The Morgan fingerprint density at radius 1 is 0.674 bits per heavy atom. The zero-order chi connectivity index (χ0) is 69.1. The average Bonchev–Trinajstić information content (AvgIpc) is 1.80. The van der Waals surface area contributed by atoms with Gasteiger partial charge in [0.25, 0.3) is 0 Å². The number of nitrogens with one attached hydrogen (secondary N) is 6. The van der Waals surface area contributed by atoms with Gasteiger partial charge in [-0.05, 0) is 93.5 Å². The predicted octanol–water partition coefficient (Wildman–Crippen LogP) is 8.57. The first-order valence-electron chi connectivity index (χ1n) is 31.4. The minimum Gasteiger partial charge on any atom is -0.513 e. The Balaban J connectivity index is -0.00000304. The molecule has 0 aliphatic rings. The second kappa shape index (κ2) is 47.7. The van der Waals surface area contributed by atoms with E-state index in [1.54, 1.807) is 26.1 Å². The molecular formula is C66H112F2N10O11. The maximum atomic E-state index is 15.1. The number of hydrogen-bond donors (Lipinski definition) is 11. The fourth-order valence-corrected chi connectivity index (χ4v) is 8.56. The van der Waals surface area contributed by atoms with Crippen molar-refractivity contribution in [1.82, 2.24) is 41.4 Å². The number of carbonyl (C=O) groups excluding carboxylic acids is 7. The van der Waals surface area contributed by atoms with Crippen LogP contribution in [0.4, 0.5) is 8.78 Å². The Kier molecular flexibility index (Phi) is 46.1. The first-order valence-corrected chi connectivity index (χ1v) is 31.4. The lowest BCUT2D eigenvalue weighted by Gasteiger charge is -2.41. The number of aromatic nitrogens is 1. The van der Waals surface area contributed by atoms with E-state index in [1.165, 1.54) is 11.8 Å². The van der Waals surface area contributed by atoms with Crippen LogP contribution in [0.5, 0.6) is 0 Å². The predicted molar refractivity (Wildman–Crippen MR) is 350 cm³/mol. The molecule has 21 nitrogen and oxygen atoms in total. The largest absolute Gasteiger partial charge is 0.513 e. The van der Waals surface area contributed by atoms with E-state index >= 15 is 4.39 Å². The van der Waals surface area contributed by atoms with Crippen LogP contribution in [0.1, 0.15) is 186 Å². The Hall–Kier alpha value is -7.24. The van der Waals surface area contributed by atoms with Crippen LogP contribution >= 0.6 is 0 Å². The minimum atomic E-state index is -1.25. The molecule has 0 aliphatic carbocycles. The molecule has 0 spiro atoms. The summed E-state index contributed by atoms with van der Waals surface area (Å²) in [7, 11) is 0. The highest BCUT2D eigenvalue weighted by Gasteiger charge is 2.38. The van der Waals surface area contributed by atoms with Gasteiger partial charge in [0.15, 0.2) is 0 Å². The Morgan fingerprint density at radius 2 is 1.25 bits per heavy atom. The molecule has 0 fully saturated rings. The van der Waals surface area contributed by atoms with Gasteiger partial charge in [0, 0.05) is 87.5 Å². The lowest BCUT2D eigenvalue weighted by Crippen LogP contribution is -2.52. The van der Waals surface area contributed by atoms with E-state index in [-0.39, 0.29) is 92.9 Å². The maximum Gasteiger partial charge on any atom is 0.326 e. The van der Waals surface area contributed by atoms with Crippen LogP contribution in [-0.2, 0) is 44.9 Å². The van der Waals surface area contributed by atoms with Gasteiger partial charge < -0.3 is 68.2 Å². The van der Waals surface area contributed by atoms with Crippen LogP contribution in [0, 0.1) is 28.9 Å². The summed E-state index contributed by atoms with van der Waals surface area (Å²) in [5, 5.41) is 44.2. The van der Waals surface area contributed by atoms with E-state index < -0.39 is 89.4 Å². The summed E-state index contributed by atoms with van der Waals surface area (Å²) >= 11 is 0. The highest BCUT2D eigenvalue weighted by Crippen LogP contribution is 2.41. The number of amides is 7. The lowest BCUT2D eigenvalue weighted by atomic mass is 9.82. The number of hydrogen-bond acceptors (Lipinski definition) is 12. The standard InChI is InChI=1S/C48H69F2N9O9.C10H19NO2.4C2H6/c1-29(2)42(52)46(66)56-30(3)44(64)54-22-18-40(62)57-37(47(67)68)14-10-11-20-53-39(61)17-21-55-45(65)36(51)19-23-59(41(63)28-60)43(48(4,5)6)38-24-32(34-25-33(49)15-16-35(34)50)27-58(38)26-31-12-8-7-9-13-31;1-7(2)11-10(13)6-8(3)5-9(4)12;4*1-2/h7-9,12-13,15-16,24-25,27,29-30,36-37,42-43,60H,10-11,14,17-23,26,28,51-52H2,1-6H3,(H,53,61)(H,54,64)(H,55,65)(H,56,66)(H,57,62)(H,67,68);7-8,12H,4-6H2,1-3H3,(H,11,13);4*1-2H3. The third-order valence-corrected chi connectivity index (χ3v) is 12.8. The SMILES string of the molecule is C=C(O)CC(C)CC(=O)NC(C)C.CC.CC.CC.CC.CC(NC(=O)C(N)C(C)C)C(=O)NCCC(=O)NC(CCCCNC(=O)CCNC(=O)C(N)CCN(C(=O)CO)C(c1cc(-c2cc(F)ccc2F)cn1Cc1ccccc1)C(C)(C)C)C(=O)O. The number of rotatable bonds is 32. The number of carboxylic acid groups (broad SMARTS) is 1. The average molecular weight is 1260 g/mol. The minimum absolute atomic E-state index is 0.0235. The van der Waals surface area contributed by atoms with Crippen molar-refractivity contribution in [3.05, 3.63) is 96.0 Å². The number of aliphatic hydroxyl groups excluding tert-OH is 2. The van der Waals surface area contributed by atoms with Crippen LogP contribution < -0.4 is 43.4 Å². The number of allylic oxidation sites excluding steroid dienone is 1. The van der Waals surface area contributed by atoms with E-state index in [9.17, 15) is 53.0 Å². The number of carboxylic acids is 1. The first-order chi connectivity index (χ1) is 41.9. The number of aliphatic carboxylic acids is 1. The number of nitrogens with zero attached hydrogens (tertiary/aromatic N) is 2. The summed E-state index contributed by atoms with van der Waals surface area (Å²) in [5.74, 6) is -5.52. The molecule has 0 bridgehead atoms. The molecule has 2 aromatic carbocycles. The summed E-state index contributed by atoms with van der Waals surface area (Å²) < 4.78 is 31.3. The molecule has 0 aliphatic heterocycles. The third kappa shape index (κ3) is 35.5. The molecule has 1 aromatic heterocycles. The fourth-order valence-electron chi connectivity index (χ4n) is 8.56. The van der Waals surface area contributed by atoms with Crippen molar-refractivity contribution in [2.75, 3.05) is 32.8 Å². The van der Waals surface area contributed by atoms with Gasteiger partial charge in [-0.25, -0.2) is 13.6 Å². The van der Waals surface area contributed by atoms with Gasteiger partial charge in [-0.15, -0.1) is 0 Å². The summed E-state index contributed by atoms with van der Waals surface area (Å²) in [6.45, 7) is 35.3. The molecule has 89 heavy (non-hydrogen) atoms. The van der Waals surface area contributed by atoms with Crippen molar-refractivity contribution in [2.24, 2.45) is 28.7 Å². The zero-order valence-corrected chi connectivity index (χ0v) is 56.4. The van der Waals surface area contributed by atoms with Gasteiger partial charge in [0.2, 0.25) is 41.4 Å². The number of unbranched alkanes of at least 4 members (excludes halogenated alkanes) is 1. The molecule has 506 valence electrons. The molecular weight excluding hydrogens is 1150 g/mol. The smallest absolute Gasteiger partial charge is 0.326 e. The summed E-state index contributed by atoms with van der Waals surface area (Å²) in [6, 6.07) is 9.77. The molecule has 3 aromatic rings. The molecule has 0 radical (unpaired) electrons. The molecule has 6 atom stereocenters. The fraction of sp³-hybridized carbons (Fsp3) is 0.606. The van der Waals surface area contributed by atoms with Crippen LogP contribution in [0.2, 0.25) is 0 Å². The Morgan fingerprint density at radius 3 is 1.78 bits per heavy atom. The second-order valence-corrected chi connectivity index (χ2v) is 22.0. The highest BCUT2D eigenvalue weighted by molar-refractivity contribution is 5.90. The van der Waals surface area contributed by atoms with Gasteiger partial charge in [0.05, 0.1) is 23.9 Å². The Bertz CT molecular complexity index is 2560. The summed E-state index contributed by atoms with van der Waals surface area (Å²) in [4.78, 5) is 100. The number of benzene rings is 2. The quantitative estimate of drug-likeness (QED) is 0.0206. The molecule has 7 amide bonds. The summed E-state index contributed by atoms with van der Waals surface area (Å²) in [6.07, 6.45) is 3.12. The van der Waals surface area contributed by atoms with E-state index in [0.29, 0.717) is 43.5 Å². The van der Waals surface area contributed by atoms with E-state index in [0.717, 1.165) is 23.8 Å². The van der Waals surface area contributed by atoms with Crippen LogP contribution in [0.15, 0.2) is 73.1 Å². The number of nitrogens with two attached hydrogens (primary N) is 2. The van der Waals surface area contributed by atoms with Crippen molar-refractivity contribution >= 4 is 47.3 Å². The van der Waals surface area contributed by atoms with Crippen LogP contribution in [0.3, 0.4) is 0 Å². The van der Waals surface area contributed by atoms with Gasteiger partial charge in [-0.1, -0.05) is 134 Å². The monoisotopic (exact) mass is 1260 g/mol. The topological polar surface area (TPSA) is 330 Å². The number of carbonyl (C=O) groups is 8. The first kappa shape index (κ1) is 86.0. The second-order valence-electron chi connectivity index (χ2n) is 22.0.